The smallest absolute Gasteiger partial charge is 0.335 e. The molecule has 1 aromatic carbocycles. The maximum Gasteiger partial charge on any atom is 0.335 e. The molecule has 0 radical (unpaired) electrons. The molecule has 0 heterocycles. The van der Waals surface area contributed by atoms with E-state index in [9.17, 15) is 9.18 Å². The Morgan fingerprint density at radius 1 is 1.44 bits per heavy atom. The van der Waals surface area contributed by atoms with E-state index in [0.717, 1.165) is 12.8 Å². The molecular weight excluding hydrogens is 237 g/mol. The summed E-state index contributed by atoms with van der Waals surface area (Å²) in [6.45, 7) is 1.02. The van der Waals surface area contributed by atoms with Gasteiger partial charge in [-0.3, -0.25) is 0 Å². The average Bonchev–Trinajstić information content (AvgIpc) is 2.28. The fourth-order valence-corrected chi connectivity index (χ4v) is 2.12. The zero-order valence-corrected chi connectivity index (χ0v) is 9.90. The topological polar surface area (TPSA) is 69.6 Å². The first-order chi connectivity index (χ1) is 8.56. The highest BCUT2D eigenvalue weighted by Crippen LogP contribution is 2.26. The Hall–Kier alpha value is -1.46. The number of aliphatic hydroxyl groups excluding tert-OH is 1. The van der Waals surface area contributed by atoms with Crippen LogP contribution in [0.4, 0.5) is 4.39 Å². The van der Waals surface area contributed by atoms with E-state index in [-0.39, 0.29) is 11.7 Å². The number of aliphatic hydroxyl groups is 1. The van der Waals surface area contributed by atoms with Crippen molar-refractivity contribution >= 4 is 5.97 Å². The van der Waals surface area contributed by atoms with Crippen LogP contribution in [0.3, 0.4) is 0 Å². The van der Waals surface area contributed by atoms with Crippen molar-refractivity contribution in [2.45, 2.75) is 25.5 Å². The number of benzene rings is 1. The third kappa shape index (κ3) is 3.05. The van der Waals surface area contributed by atoms with E-state index in [1.807, 2.05) is 0 Å². The molecule has 0 amide bonds. The minimum Gasteiger partial charge on any atom is -0.478 e. The van der Waals surface area contributed by atoms with Crippen molar-refractivity contribution in [3.8, 4) is 0 Å². The molecule has 0 aromatic heterocycles. The van der Waals surface area contributed by atoms with Crippen LogP contribution >= 0.6 is 0 Å². The molecule has 1 aromatic rings. The molecule has 1 fully saturated rings. The van der Waals surface area contributed by atoms with Gasteiger partial charge in [-0.25, -0.2) is 9.18 Å². The van der Waals surface area contributed by atoms with Gasteiger partial charge in [-0.2, -0.15) is 0 Å². The number of carboxylic acid groups (broad SMARTS) is 1. The Balaban J connectivity index is 1.88. The Bertz CT molecular complexity index is 444. The molecule has 18 heavy (non-hydrogen) atoms. The van der Waals surface area contributed by atoms with Crippen LogP contribution in [-0.2, 0) is 6.54 Å². The van der Waals surface area contributed by atoms with Gasteiger partial charge in [0.2, 0.25) is 0 Å². The number of rotatable bonds is 5. The monoisotopic (exact) mass is 253 g/mol. The van der Waals surface area contributed by atoms with E-state index in [0.29, 0.717) is 24.6 Å². The molecule has 1 saturated carbocycles. The van der Waals surface area contributed by atoms with Crippen molar-refractivity contribution in [2.24, 2.45) is 5.92 Å². The van der Waals surface area contributed by atoms with E-state index < -0.39 is 11.8 Å². The van der Waals surface area contributed by atoms with Crippen LogP contribution in [0.25, 0.3) is 0 Å². The van der Waals surface area contributed by atoms with Crippen LogP contribution in [0, 0.1) is 11.7 Å². The van der Waals surface area contributed by atoms with Crippen molar-refractivity contribution in [3.63, 3.8) is 0 Å². The molecule has 98 valence electrons. The summed E-state index contributed by atoms with van der Waals surface area (Å²) >= 11 is 0. The van der Waals surface area contributed by atoms with E-state index in [1.165, 1.54) is 18.2 Å². The molecule has 0 atom stereocenters. The van der Waals surface area contributed by atoms with Crippen molar-refractivity contribution < 1.29 is 19.4 Å². The van der Waals surface area contributed by atoms with E-state index in [1.54, 1.807) is 0 Å². The van der Waals surface area contributed by atoms with Crippen LogP contribution in [-0.4, -0.2) is 28.8 Å². The molecule has 4 nitrogen and oxygen atoms in total. The van der Waals surface area contributed by atoms with E-state index in [2.05, 4.69) is 5.32 Å². The third-order valence-electron chi connectivity index (χ3n) is 3.25. The summed E-state index contributed by atoms with van der Waals surface area (Å²) in [5, 5.41) is 21.0. The fourth-order valence-electron chi connectivity index (χ4n) is 2.12. The van der Waals surface area contributed by atoms with Crippen LogP contribution in [0.15, 0.2) is 18.2 Å². The normalized spacial score (nSPS) is 22.6. The summed E-state index contributed by atoms with van der Waals surface area (Å²) in [6.07, 6.45) is 1.37. The number of aromatic carboxylic acids is 1. The van der Waals surface area contributed by atoms with Gasteiger partial charge >= 0.3 is 5.97 Å². The van der Waals surface area contributed by atoms with Gasteiger partial charge in [0.05, 0.1) is 11.7 Å². The van der Waals surface area contributed by atoms with E-state index >= 15 is 0 Å². The summed E-state index contributed by atoms with van der Waals surface area (Å²) in [7, 11) is 0. The van der Waals surface area contributed by atoms with Crippen molar-refractivity contribution in [3.05, 3.63) is 35.1 Å². The Kier molecular flexibility index (Phi) is 3.93. The van der Waals surface area contributed by atoms with Crippen LogP contribution in [0.5, 0.6) is 0 Å². The van der Waals surface area contributed by atoms with Gasteiger partial charge in [0.1, 0.15) is 5.82 Å². The summed E-state index contributed by atoms with van der Waals surface area (Å²) in [4.78, 5) is 10.8. The summed E-state index contributed by atoms with van der Waals surface area (Å²) in [6, 6.07) is 3.78. The molecule has 2 rings (SSSR count). The van der Waals surface area contributed by atoms with Crippen molar-refractivity contribution in [1.82, 2.24) is 5.32 Å². The highest BCUT2D eigenvalue weighted by molar-refractivity contribution is 5.87. The number of hydrogen-bond acceptors (Lipinski definition) is 3. The summed E-state index contributed by atoms with van der Waals surface area (Å²) < 4.78 is 13.4. The quantitative estimate of drug-likeness (QED) is 0.741. The van der Waals surface area contributed by atoms with Crippen LogP contribution in [0.2, 0.25) is 0 Å². The maximum absolute atomic E-state index is 13.4. The van der Waals surface area contributed by atoms with Gasteiger partial charge in [0, 0.05) is 12.1 Å². The average molecular weight is 253 g/mol. The number of hydrogen-bond donors (Lipinski definition) is 3. The lowest BCUT2D eigenvalue weighted by molar-refractivity contribution is 0.0429. The third-order valence-corrected chi connectivity index (χ3v) is 3.25. The van der Waals surface area contributed by atoms with Gasteiger partial charge in [-0.1, -0.05) is 0 Å². The molecule has 0 bridgehead atoms. The Morgan fingerprint density at radius 2 is 2.17 bits per heavy atom. The standard InChI is InChI=1S/C13H16FNO3/c14-12-2-1-9(13(17)18)5-10(12)7-15-6-8-3-11(16)4-8/h1-2,5,8,11,15-16H,3-4,6-7H2,(H,17,18). The lowest BCUT2D eigenvalue weighted by atomic mass is 9.82. The zero-order valence-electron chi connectivity index (χ0n) is 9.90. The van der Waals surface area contributed by atoms with Gasteiger partial charge in [0.25, 0.3) is 0 Å². The molecule has 1 aliphatic rings. The SMILES string of the molecule is O=C(O)c1ccc(F)c(CNCC2CC(O)C2)c1. The van der Waals surface area contributed by atoms with Crippen molar-refractivity contribution in [2.75, 3.05) is 6.54 Å². The van der Waals surface area contributed by atoms with Gasteiger partial charge in [0.15, 0.2) is 0 Å². The molecular formula is C13H16FNO3. The van der Waals surface area contributed by atoms with Gasteiger partial charge in [-0.15, -0.1) is 0 Å². The zero-order chi connectivity index (χ0) is 13.1. The number of nitrogens with one attached hydrogen (secondary N) is 1. The highest BCUT2D eigenvalue weighted by atomic mass is 19.1. The van der Waals surface area contributed by atoms with Crippen molar-refractivity contribution in [1.29, 1.82) is 0 Å². The predicted octanol–water partition coefficient (Wildman–Crippen LogP) is 1.38. The lowest BCUT2D eigenvalue weighted by Gasteiger charge is -2.31. The molecule has 0 unspecified atom stereocenters. The molecule has 5 heteroatoms. The number of carbonyl (C=O) groups is 1. The maximum atomic E-state index is 13.4. The highest BCUT2D eigenvalue weighted by Gasteiger charge is 2.26. The lowest BCUT2D eigenvalue weighted by Crippen LogP contribution is -2.36. The second kappa shape index (κ2) is 5.46. The Labute approximate surface area is 104 Å². The molecule has 0 saturated heterocycles. The first-order valence-electron chi connectivity index (χ1n) is 5.96. The van der Waals surface area contributed by atoms with Crippen LogP contribution < -0.4 is 5.32 Å². The summed E-state index contributed by atoms with van der Waals surface area (Å²) in [5.74, 6) is -1.02. The fraction of sp³-hybridized carbons (Fsp3) is 0.462. The first kappa shape index (κ1) is 13.0. The molecule has 0 spiro atoms. The number of carboxylic acids is 1. The van der Waals surface area contributed by atoms with Gasteiger partial charge < -0.3 is 15.5 Å². The largest absolute Gasteiger partial charge is 0.478 e. The second-order valence-corrected chi connectivity index (χ2v) is 4.73. The molecule has 1 aliphatic carbocycles. The molecule has 0 aliphatic heterocycles. The van der Waals surface area contributed by atoms with Gasteiger partial charge in [-0.05, 0) is 43.5 Å². The Morgan fingerprint density at radius 3 is 2.78 bits per heavy atom. The van der Waals surface area contributed by atoms with Crippen LogP contribution in [0.1, 0.15) is 28.8 Å². The minimum absolute atomic E-state index is 0.0901. The first-order valence-corrected chi connectivity index (χ1v) is 5.96. The van der Waals surface area contributed by atoms with E-state index in [4.69, 9.17) is 10.2 Å². The minimum atomic E-state index is -1.06. The second-order valence-electron chi connectivity index (χ2n) is 4.73. The summed E-state index contributed by atoms with van der Waals surface area (Å²) in [5.41, 5.74) is 0.446. The molecule has 3 N–H and O–H groups in total. The predicted molar refractivity (Wildman–Crippen MR) is 63.8 cm³/mol. The number of halogens is 1.